The lowest BCUT2D eigenvalue weighted by atomic mass is 9.97. The number of imide groups is 1. The smallest absolute Gasteiger partial charge is 0.325 e. The number of para-hydroxylation sites is 1. The Hall–Kier alpha value is -2.48. The molecular weight excluding hydrogens is 388 g/mol. The van der Waals surface area contributed by atoms with Gasteiger partial charge in [0.25, 0.3) is 5.91 Å². The molecule has 2 unspecified atom stereocenters. The Balaban J connectivity index is 1.39. The molecule has 1 saturated carbocycles. The molecule has 1 N–H and O–H groups in total. The highest BCUT2D eigenvalue weighted by Gasteiger charge is 2.55. The lowest BCUT2D eigenvalue weighted by Crippen LogP contribution is -2.50. The van der Waals surface area contributed by atoms with Crippen LogP contribution in [0.3, 0.4) is 0 Å². The highest BCUT2D eigenvalue weighted by Crippen LogP contribution is 2.39. The van der Waals surface area contributed by atoms with Gasteiger partial charge < -0.3 is 10.2 Å². The van der Waals surface area contributed by atoms with E-state index in [1.165, 1.54) is 0 Å². The number of carbonyl (C=O) groups excluding carboxylic acids is 3. The molecule has 1 aliphatic carbocycles. The third-order valence-electron chi connectivity index (χ3n) is 6.53. The fraction of sp³-hybridized carbons (Fsp3) is 0.524. The van der Waals surface area contributed by atoms with Crippen molar-refractivity contribution in [3.8, 4) is 0 Å². The Morgan fingerprint density at radius 1 is 1.24 bits per heavy atom. The van der Waals surface area contributed by atoms with Crippen molar-refractivity contribution in [3.63, 3.8) is 0 Å². The molecule has 0 radical (unpaired) electrons. The van der Waals surface area contributed by atoms with Crippen molar-refractivity contribution in [2.75, 3.05) is 6.54 Å². The highest BCUT2D eigenvalue weighted by molar-refractivity contribution is 7.18. The maximum absolute atomic E-state index is 13.4. The van der Waals surface area contributed by atoms with Gasteiger partial charge in [-0.3, -0.25) is 9.59 Å². The summed E-state index contributed by atoms with van der Waals surface area (Å²) in [6, 6.07) is 6.62. The number of likely N-dealkylation sites (tertiary alicyclic amines) is 1. The van der Waals surface area contributed by atoms with Crippen LogP contribution in [0.1, 0.15) is 56.5 Å². The van der Waals surface area contributed by atoms with E-state index in [0.717, 1.165) is 45.8 Å². The zero-order valence-electron chi connectivity index (χ0n) is 16.4. The molecule has 1 aromatic heterocycles. The molecule has 3 heterocycles. The summed E-state index contributed by atoms with van der Waals surface area (Å²) in [5.74, 6) is -0.415. The largest absolute Gasteiger partial charge is 0.331 e. The number of rotatable bonds is 3. The van der Waals surface area contributed by atoms with E-state index in [2.05, 4.69) is 5.32 Å². The number of carbonyl (C=O) groups is 3. The van der Waals surface area contributed by atoms with E-state index in [1.54, 1.807) is 18.3 Å². The number of nitrogens with zero attached hydrogens (tertiary/aromatic N) is 3. The SMILES string of the molecule is CC(C(=O)N1CCCC1c1nc2ccccc2s1)N1C(=O)NC2(CCCC2)C1=O. The average Bonchev–Trinajstić information content (AvgIpc) is 3.48. The first-order valence-electron chi connectivity index (χ1n) is 10.3. The fourth-order valence-corrected chi connectivity index (χ4v) is 6.10. The summed E-state index contributed by atoms with van der Waals surface area (Å²) in [4.78, 5) is 46.7. The number of benzene rings is 1. The molecule has 3 fully saturated rings. The quantitative estimate of drug-likeness (QED) is 0.785. The zero-order chi connectivity index (χ0) is 20.2. The standard InChI is InChI=1S/C21H24N4O3S/c1-13(25-19(27)21(23-20(25)28)10-4-5-11-21)18(26)24-12-6-8-15(24)17-22-14-7-2-3-9-16(14)29-17/h2-3,7,9,13,15H,4-6,8,10-12H2,1H3,(H,23,28). The van der Waals surface area contributed by atoms with Crippen molar-refractivity contribution in [1.82, 2.24) is 20.1 Å². The first kappa shape index (κ1) is 18.5. The molecule has 4 amide bonds. The first-order chi connectivity index (χ1) is 14.0. The van der Waals surface area contributed by atoms with E-state index in [4.69, 9.17) is 4.98 Å². The van der Waals surface area contributed by atoms with Gasteiger partial charge in [0.15, 0.2) is 0 Å². The Morgan fingerprint density at radius 2 is 2.00 bits per heavy atom. The van der Waals surface area contributed by atoms with E-state index in [1.807, 2.05) is 29.2 Å². The van der Waals surface area contributed by atoms with Crippen molar-refractivity contribution >= 4 is 39.4 Å². The molecular formula is C21H24N4O3S. The number of urea groups is 1. The number of fused-ring (bicyclic) bond motifs is 1. The molecule has 2 aromatic rings. The van der Waals surface area contributed by atoms with Crippen LogP contribution in [0.5, 0.6) is 0 Å². The van der Waals surface area contributed by atoms with Crippen molar-refractivity contribution in [2.24, 2.45) is 0 Å². The Morgan fingerprint density at radius 3 is 2.76 bits per heavy atom. The molecule has 29 heavy (non-hydrogen) atoms. The predicted octanol–water partition coefficient (Wildman–Crippen LogP) is 3.21. The van der Waals surface area contributed by atoms with Crippen LogP contribution < -0.4 is 5.32 Å². The van der Waals surface area contributed by atoms with E-state index in [0.29, 0.717) is 19.4 Å². The second-order valence-corrected chi connectivity index (χ2v) is 9.34. The minimum absolute atomic E-state index is 0.0939. The minimum atomic E-state index is -0.808. The number of nitrogens with one attached hydrogen (secondary N) is 1. The van der Waals surface area contributed by atoms with E-state index in [9.17, 15) is 14.4 Å². The molecule has 152 valence electrons. The number of aromatic nitrogens is 1. The van der Waals surface area contributed by atoms with Crippen LogP contribution >= 0.6 is 11.3 Å². The predicted molar refractivity (Wildman–Crippen MR) is 109 cm³/mol. The van der Waals surface area contributed by atoms with Crippen LogP contribution in [0.2, 0.25) is 0 Å². The molecule has 2 aliphatic heterocycles. The fourth-order valence-electron chi connectivity index (χ4n) is 4.98. The zero-order valence-corrected chi connectivity index (χ0v) is 17.2. The molecule has 5 rings (SSSR count). The Kier molecular flexibility index (Phi) is 4.34. The van der Waals surface area contributed by atoms with Crippen LogP contribution in [0.25, 0.3) is 10.2 Å². The summed E-state index contributed by atoms with van der Waals surface area (Å²) < 4.78 is 1.10. The van der Waals surface area contributed by atoms with Crippen molar-refractivity contribution in [1.29, 1.82) is 0 Å². The second kappa shape index (κ2) is 6.79. The number of hydrogen-bond acceptors (Lipinski definition) is 5. The molecule has 1 spiro atoms. The third-order valence-corrected chi connectivity index (χ3v) is 7.66. The first-order valence-corrected chi connectivity index (χ1v) is 11.1. The van der Waals surface area contributed by atoms with Gasteiger partial charge in [-0.15, -0.1) is 11.3 Å². The van der Waals surface area contributed by atoms with Crippen LogP contribution in [0.4, 0.5) is 4.79 Å². The van der Waals surface area contributed by atoms with E-state index >= 15 is 0 Å². The van der Waals surface area contributed by atoms with Crippen molar-refractivity contribution in [3.05, 3.63) is 29.3 Å². The van der Waals surface area contributed by atoms with Crippen LogP contribution in [0, 0.1) is 0 Å². The summed E-state index contributed by atoms with van der Waals surface area (Å²) in [7, 11) is 0. The summed E-state index contributed by atoms with van der Waals surface area (Å²) in [6.07, 6.45) is 4.91. The molecule has 1 aromatic carbocycles. The molecule has 7 nitrogen and oxygen atoms in total. The Labute approximate surface area is 173 Å². The van der Waals surface area contributed by atoms with Gasteiger partial charge in [0.05, 0.1) is 16.3 Å². The summed E-state index contributed by atoms with van der Waals surface area (Å²) >= 11 is 1.61. The maximum Gasteiger partial charge on any atom is 0.325 e. The lowest BCUT2D eigenvalue weighted by molar-refractivity contribution is -0.143. The van der Waals surface area contributed by atoms with Gasteiger partial charge in [-0.05, 0) is 44.7 Å². The summed E-state index contributed by atoms with van der Waals surface area (Å²) in [5.41, 5.74) is 0.153. The topological polar surface area (TPSA) is 82.6 Å². The summed E-state index contributed by atoms with van der Waals surface area (Å²) in [6.45, 7) is 2.29. The Bertz CT molecular complexity index is 964. The summed E-state index contributed by atoms with van der Waals surface area (Å²) in [5, 5.41) is 3.80. The third kappa shape index (κ3) is 2.84. The van der Waals surface area contributed by atoms with Gasteiger partial charge in [0.1, 0.15) is 16.6 Å². The van der Waals surface area contributed by atoms with Gasteiger partial charge in [-0.1, -0.05) is 25.0 Å². The molecule has 3 aliphatic rings. The highest BCUT2D eigenvalue weighted by atomic mass is 32.1. The van der Waals surface area contributed by atoms with Crippen LogP contribution in [-0.4, -0.2) is 50.8 Å². The molecule has 8 heteroatoms. The van der Waals surface area contributed by atoms with Gasteiger partial charge in [0.2, 0.25) is 5.91 Å². The van der Waals surface area contributed by atoms with Crippen molar-refractivity contribution < 1.29 is 14.4 Å². The number of hydrogen-bond donors (Lipinski definition) is 1. The number of amides is 4. The lowest BCUT2D eigenvalue weighted by Gasteiger charge is -2.30. The monoisotopic (exact) mass is 412 g/mol. The average molecular weight is 413 g/mol. The number of thiazole rings is 1. The van der Waals surface area contributed by atoms with Crippen LogP contribution in [0.15, 0.2) is 24.3 Å². The van der Waals surface area contributed by atoms with E-state index < -0.39 is 17.6 Å². The van der Waals surface area contributed by atoms with E-state index in [-0.39, 0.29) is 17.9 Å². The molecule has 2 saturated heterocycles. The molecule has 0 bridgehead atoms. The van der Waals surface area contributed by atoms with Gasteiger partial charge in [-0.25, -0.2) is 14.7 Å². The van der Waals surface area contributed by atoms with Crippen LogP contribution in [-0.2, 0) is 9.59 Å². The molecule has 2 atom stereocenters. The second-order valence-electron chi connectivity index (χ2n) is 8.28. The minimum Gasteiger partial charge on any atom is -0.331 e. The normalized spacial score (nSPS) is 24.7. The maximum atomic E-state index is 13.4. The van der Waals surface area contributed by atoms with Gasteiger partial charge in [0, 0.05) is 6.54 Å². The van der Waals surface area contributed by atoms with Crippen molar-refractivity contribution in [2.45, 2.75) is 63.1 Å². The van der Waals surface area contributed by atoms with Gasteiger partial charge in [-0.2, -0.15) is 0 Å². The van der Waals surface area contributed by atoms with Gasteiger partial charge >= 0.3 is 6.03 Å².